The molecule has 1 aromatic carbocycles. The van der Waals surface area contributed by atoms with E-state index in [4.69, 9.17) is 5.11 Å². The topological polar surface area (TPSA) is 58.4 Å². The number of carboxylic acid groups (broad SMARTS) is 1. The second-order valence-electron chi connectivity index (χ2n) is 4.14. The van der Waals surface area contributed by atoms with Crippen LogP contribution in [0.5, 0.6) is 0 Å². The van der Waals surface area contributed by atoms with E-state index < -0.39 is 5.97 Å². The number of fused-ring (bicyclic) bond motifs is 1. The summed E-state index contributed by atoms with van der Waals surface area (Å²) in [5.74, 6) is -0.691. The predicted molar refractivity (Wildman–Crippen MR) is 66.2 cm³/mol. The van der Waals surface area contributed by atoms with Crippen molar-refractivity contribution >= 4 is 23.0 Å². The Kier molecular flexibility index (Phi) is 3.18. The van der Waals surface area contributed by atoms with Crippen molar-refractivity contribution in [1.82, 2.24) is 9.55 Å². The second-order valence-corrected chi connectivity index (χ2v) is 4.14. The van der Waals surface area contributed by atoms with E-state index in [0.717, 1.165) is 0 Å². The largest absolute Gasteiger partial charge is 0.481 e. The van der Waals surface area contributed by atoms with Gasteiger partial charge in [0.05, 0.1) is 11.9 Å². The highest BCUT2D eigenvalue weighted by Gasteiger charge is 2.14. The maximum atomic E-state index is 13.6. The number of rotatable bonds is 4. The van der Waals surface area contributed by atoms with Crippen molar-refractivity contribution in [2.24, 2.45) is 7.05 Å². The number of aliphatic carboxylic acids is 1. The molecule has 96 valence electrons. The van der Waals surface area contributed by atoms with Gasteiger partial charge in [0.15, 0.2) is 5.82 Å². The number of halogens is 1. The summed E-state index contributed by atoms with van der Waals surface area (Å²) >= 11 is 0. The molecule has 0 saturated heterocycles. The minimum Gasteiger partial charge on any atom is -0.481 e. The number of anilines is 1. The molecule has 0 fully saturated rings. The molecule has 0 spiro atoms. The summed E-state index contributed by atoms with van der Waals surface area (Å²) in [4.78, 5) is 16.4. The highest BCUT2D eigenvalue weighted by atomic mass is 19.1. The maximum absolute atomic E-state index is 13.6. The Labute approximate surface area is 103 Å². The van der Waals surface area contributed by atoms with Crippen LogP contribution in [0.15, 0.2) is 18.2 Å². The van der Waals surface area contributed by atoms with Gasteiger partial charge in [-0.25, -0.2) is 9.37 Å². The summed E-state index contributed by atoms with van der Waals surface area (Å²) in [7, 11) is 3.52. The Morgan fingerprint density at radius 2 is 2.28 bits per heavy atom. The quantitative estimate of drug-likeness (QED) is 0.897. The van der Waals surface area contributed by atoms with Gasteiger partial charge in [0.1, 0.15) is 5.52 Å². The minimum atomic E-state index is -0.869. The van der Waals surface area contributed by atoms with Crippen LogP contribution in [-0.2, 0) is 11.8 Å². The lowest BCUT2D eigenvalue weighted by Crippen LogP contribution is -2.23. The molecular weight excluding hydrogens is 237 g/mol. The lowest BCUT2D eigenvalue weighted by Gasteiger charge is -2.16. The number of nitrogens with zero attached hydrogens (tertiary/aromatic N) is 3. The SMILES string of the molecule is CN(CCC(=O)O)c1nc2c(F)cccc2n1C. The molecule has 18 heavy (non-hydrogen) atoms. The van der Waals surface area contributed by atoms with Crippen LogP contribution in [0.2, 0.25) is 0 Å². The molecule has 1 N–H and O–H groups in total. The Balaban J connectivity index is 2.36. The first-order valence-corrected chi connectivity index (χ1v) is 5.54. The van der Waals surface area contributed by atoms with Crippen LogP contribution in [0.4, 0.5) is 10.3 Å². The summed E-state index contributed by atoms with van der Waals surface area (Å²) in [6.07, 6.45) is 0.0161. The molecule has 0 radical (unpaired) electrons. The number of aromatic nitrogens is 2. The van der Waals surface area contributed by atoms with Gasteiger partial charge in [-0.05, 0) is 12.1 Å². The van der Waals surface area contributed by atoms with Crippen molar-refractivity contribution in [2.45, 2.75) is 6.42 Å². The van der Waals surface area contributed by atoms with Crippen molar-refractivity contribution in [2.75, 3.05) is 18.5 Å². The molecule has 0 atom stereocenters. The fourth-order valence-corrected chi connectivity index (χ4v) is 1.87. The Morgan fingerprint density at radius 3 is 2.89 bits per heavy atom. The Morgan fingerprint density at radius 1 is 1.56 bits per heavy atom. The average molecular weight is 251 g/mol. The van der Waals surface area contributed by atoms with Crippen LogP contribution in [0.25, 0.3) is 11.0 Å². The maximum Gasteiger partial charge on any atom is 0.305 e. The number of para-hydroxylation sites is 1. The van der Waals surface area contributed by atoms with E-state index >= 15 is 0 Å². The summed E-state index contributed by atoms with van der Waals surface area (Å²) in [6.45, 7) is 0.327. The monoisotopic (exact) mass is 251 g/mol. The van der Waals surface area contributed by atoms with E-state index in [0.29, 0.717) is 23.5 Å². The molecule has 0 aliphatic heterocycles. The second kappa shape index (κ2) is 4.64. The van der Waals surface area contributed by atoms with Crippen LogP contribution in [-0.4, -0.2) is 34.2 Å². The van der Waals surface area contributed by atoms with Gasteiger partial charge in [-0.1, -0.05) is 6.07 Å². The first kappa shape index (κ1) is 12.3. The summed E-state index contributed by atoms with van der Waals surface area (Å²) in [6, 6.07) is 4.76. The van der Waals surface area contributed by atoms with Gasteiger partial charge >= 0.3 is 5.97 Å². The van der Waals surface area contributed by atoms with Crippen LogP contribution in [0.3, 0.4) is 0 Å². The van der Waals surface area contributed by atoms with Gasteiger partial charge < -0.3 is 14.6 Å². The molecule has 1 aromatic heterocycles. The van der Waals surface area contributed by atoms with Gasteiger partial charge in [0, 0.05) is 20.6 Å². The molecule has 0 saturated carbocycles. The lowest BCUT2D eigenvalue weighted by atomic mass is 10.3. The van der Waals surface area contributed by atoms with E-state index in [-0.39, 0.29) is 12.2 Å². The molecular formula is C12H14FN3O2. The molecule has 0 amide bonds. The van der Waals surface area contributed by atoms with E-state index in [1.165, 1.54) is 6.07 Å². The number of carboxylic acids is 1. The van der Waals surface area contributed by atoms with Crippen molar-refractivity contribution in [3.05, 3.63) is 24.0 Å². The third kappa shape index (κ3) is 2.13. The molecule has 2 aromatic rings. The standard InChI is InChI=1S/C12H14FN3O2/c1-15(7-6-10(17)18)12-14-11-8(13)4-3-5-9(11)16(12)2/h3-5H,6-7H2,1-2H3,(H,17,18). The van der Waals surface area contributed by atoms with E-state index in [1.807, 2.05) is 0 Å². The van der Waals surface area contributed by atoms with Crippen molar-refractivity contribution in [3.63, 3.8) is 0 Å². The van der Waals surface area contributed by atoms with Crippen LogP contribution >= 0.6 is 0 Å². The number of imidazole rings is 1. The smallest absolute Gasteiger partial charge is 0.305 e. The fourth-order valence-electron chi connectivity index (χ4n) is 1.87. The molecule has 0 unspecified atom stereocenters. The average Bonchev–Trinajstić information content (AvgIpc) is 2.66. The van der Waals surface area contributed by atoms with Gasteiger partial charge in [0.2, 0.25) is 5.95 Å². The minimum absolute atomic E-state index is 0.0161. The molecule has 5 nitrogen and oxygen atoms in total. The third-order valence-corrected chi connectivity index (χ3v) is 2.84. The molecule has 2 rings (SSSR count). The number of benzene rings is 1. The molecule has 0 aliphatic rings. The summed E-state index contributed by atoms with van der Waals surface area (Å²) in [5.41, 5.74) is 0.990. The number of hydrogen-bond acceptors (Lipinski definition) is 3. The molecule has 0 bridgehead atoms. The first-order chi connectivity index (χ1) is 8.50. The van der Waals surface area contributed by atoms with Gasteiger partial charge in [-0.2, -0.15) is 0 Å². The Hall–Kier alpha value is -2.11. The predicted octanol–water partition coefficient (Wildman–Crippen LogP) is 1.62. The van der Waals surface area contributed by atoms with Crippen LogP contribution < -0.4 is 4.90 Å². The van der Waals surface area contributed by atoms with E-state index in [2.05, 4.69) is 4.98 Å². The fraction of sp³-hybridized carbons (Fsp3) is 0.333. The van der Waals surface area contributed by atoms with Gasteiger partial charge in [-0.3, -0.25) is 4.79 Å². The first-order valence-electron chi connectivity index (χ1n) is 5.54. The highest BCUT2D eigenvalue weighted by Crippen LogP contribution is 2.22. The van der Waals surface area contributed by atoms with Crippen molar-refractivity contribution in [1.29, 1.82) is 0 Å². The zero-order chi connectivity index (χ0) is 13.3. The zero-order valence-corrected chi connectivity index (χ0v) is 10.2. The number of carbonyl (C=O) groups is 1. The molecule has 1 heterocycles. The van der Waals surface area contributed by atoms with Crippen molar-refractivity contribution < 1.29 is 14.3 Å². The number of hydrogen-bond donors (Lipinski definition) is 1. The zero-order valence-electron chi connectivity index (χ0n) is 10.2. The molecule has 0 aliphatic carbocycles. The molecule has 6 heteroatoms. The highest BCUT2D eigenvalue weighted by molar-refractivity contribution is 5.79. The summed E-state index contributed by atoms with van der Waals surface area (Å²) < 4.78 is 15.3. The Bertz CT molecular complexity index is 594. The lowest BCUT2D eigenvalue weighted by molar-refractivity contribution is -0.136. The normalized spacial score (nSPS) is 10.8. The van der Waals surface area contributed by atoms with Crippen LogP contribution in [0.1, 0.15) is 6.42 Å². The van der Waals surface area contributed by atoms with Crippen LogP contribution in [0, 0.1) is 5.82 Å². The van der Waals surface area contributed by atoms with E-state index in [1.54, 1.807) is 35.7 Å². The van der Waals surface area contributed by atoms with Gasteiger partial charge in [-0.15, -0.1) is 0 Å². The van der Waals surface area contributed by atoms with E-state index in [9.17, 15) is 9.18 Å². The van der Waals surface area contributed by atoms with Crippen molar-refractivity contribution in [3.8, 4) is 0 Å². The third-order valence-electron chi connectivity index (χ3n) is 2.84. The van der Waals surface area contributed by atoms with Gasteiger partial charge in [0.25, 0.3) is 0 Å². The number of aryl methyl sites for hydroxylation is 1. The summed E-state index contributed by atoms with van der Waals surface area (Å²) in [5, 5.41) is 8.65.